The smallest absolute Gasteiger partial charge is 0.231 e. The van der Waals surface area contributed by atoms with E-state index in [1.54, 1.807) is 7.11 Å². The summed E-state index contributed by atoms with van der Waals surface area (Å²) in [5.41, 5.74) is 6.24. The number of methoxy groups -OCH3 is 1. The topological polar surface area (TPSA) is 64.4 Å². The fourth-order valence-electron chi connectivity index (χ4n) is 3.77. The predicted molar refractivity (Wildman–Crippen MR) is 96.7 cm³/mol. The van der Waals surface area contributed by atoms with Crippen LogP contribution >= 0.6 is 0 Å². The molecule has 0 saturated heterocycles. The van der Waals surface area contributed by atoms with Gasteiger partial charge in [-0.1, -0.05) is 30.3 Å². The van der Waals surface area contributed by atoms with E-state index in [1.165, 1.54) is 10.5 Å². The zero-order valence-corrected chi connectivity index (χ0v) is 14.9. The van der Waals surface area contributed by atoms with E-state index >= 15 is 0 Å². The highest BCUT2D eigenvalue weighted by Gasteiger charge is 2.35. The van der Waals surface area contributed by atoms with Crippen molar-refractivity contribution in [1.29, 1.82) is 0 Å². The zero-order valence-electron chi connectivity index (χ0n) is 14.9. The highest BCUT2D eigenvalue weighted by atomic mass is 16.7. The number of ether oxygens (including phenoxy) is 3. The number of fused-ring (bicyclic) bond motifs is 2. The molecule has 26 heavy (non-hydrogen) atoms. The second kappa shape index (κ2) is 6.90. The van der Waals surface area contributed by atoms with E-state index in [9.17, 15) is 5.21 Å². The Labute approximate surface area is 152 Å². The fraction of sp³-hybridized carbons (Fsp3) is 0.300. The van der Waals surface area contributed by atoms with Crippen molar-refractivity contribution in [3.8, 4) is 17.2 Å². The molecular weight excluding hydrogens is 332 g/mol. The second-order valence-corrected chi connectivity index (χ2v) is 6.60. The number of hydrogen-bond acceptors (Lipinski definition) is 5. The molecule has 0 saturated carbocycles. The van der Waals surface area contributed by atoms with Crippen LogP contribution in [0.3, 0.4) is 0 Å². The van der Waals surface area contributed by atoms with Crippen LogP contribution in [0.4, 0.5) is 0 Å². The highest BCUT2D eigenvalue weighted by Crippen LogP contribution is 2.47. The molecule has 6 heteroatoms. The molecule has 3 N–H and O–H groups in total. The van der Waals surface area contributed by atoms with E-state index in [0.717, 1.165) is 35.6 Å². The number of quaternary nitrogens is 1. The molecule has 0 radical (unpaired) electrons. The Bertz CT molecular complexity index is 835. The normalized spacial score (nSPS) is 21.3. The van der Waals surface area contributed by atoms with Crippen molar-refractivity contribution in [2.24, 2.45) is 0 Å². The Morgan fingerprint density at radius 2 is 2.12 bits per heavy atom. The molecular formula is C20H23N2O4+. The summed E-state index contributed by atoms with van der Waals surface area (Å²) in [5.74, 6) is 2.13. The molecule has 2 aromatic rings. The van der Waals surface area contributed by atoms with Gasteiger partial charge in [0.25, 0.3) is 0 Å². The van der Waals surface area contributed by atoms with Gasteiger partial charge in [-0.2, -0.15) is 0 Å². The van der Waals surface area contributed by atoms with Crippen molar-refractivity contribution in [3.05, 3.63) is 59.2 Å². The van der Waals surface area contributed by atoms with Crippen molar-refractivity contribution >= 4 is 5.70 Å². The van der Waals surface area contributed by atoms with Crippen LogP contribution in [0, 0.1) is 0 Å². The molecule has 2 aromatic carbocycles. The first-order valence-electron chi connectivity index (χ1n) is 8.72. The van der Waals surface area contributed by atoms with E-state index in [4.69, 9.17) is 14.2 Å². The van der Waals surface area contributed by atoms with Gasteiger partial charge in [0.1, 0.15) is 6.04 Å². The lowest BCUT2D eigenvalue weighted by molar-refractivity contribution is -0.907. The summed E-state index contributed by atoms with van der Waals surface area (Å²) < 4.78 is 16.9. The zero-order chi connectivity index (χ0) is 18.1. The summed E-state index contributed by atoms with van der Waals surface area (Å²) in [6.07, 6.45) is 2.99. The van der Waals surface area contributed by atoms with E-state index in [0.29, 0.717) is 11.4 Å². The van der Waals surface area contributed by atoms with Crippen LogP contribution in [-0.2, 0) is 6.42 Å². The minimum absolute atomic E-state index is 0.0121. The van der Waals surface area contributed by atoms with Crippen LogP contribution < -0.4 is 24.6 Å². The Balaban J connectivity index is 1.85. The molecule has 6 nitrogen and oxygen atoms in total. The van der Waals surface area contributed by atoms with Crippen molar-refractivity contribution in [2.45, 2.75) is 12.5 Å². The van der Waals surface area contributed by atoms with Crippen LogP contribution in [-0.4, -0.2) is 32.7 Å². The predicted octanol–water partition coefficient (Wildman–Crippen LogP) is 1.56. The number of likely N-dealkylation sites (N-methyl/N-ethyl adjacent to an activating group) is 1. The van der Waals surface area contributed by atoms with Gasteiger partial charge in [-0.25, -0.2) is 0 Å². The van der Waals surface area contributed by atoms with Crippen LogP contribution in [0.5, 0.6) is 17.2 Å². The van der Waals surface area contributed by atoms with Gasteiger partial charge in [0.15, 0.2) is 11.5 Å². The molecule has 0 fully saturated rings. The van der Waals surface area contributed by atoms with E-state index in [2.05, 4.69) is 18.6 Å². The average Bonchev–Trinajstić information content (AvgIpc) is 3.14. The first kappa shape index (κ1) is 16.8. The minimum Gasteiger partial charge on any atom is -0.492 e. The molecule has 2 atom stereocenters. The SMILES string of the molecule is COc1c2c(cc3c1[C@H](C=C(NO)c1ccccc1)[NH+](C)CC3)OCO2. The van der Waals surface area contributed by atoms with Gasteiger partial charge in [-0.15, -0.1) is 0 Å². The largest absolute Gasteiger partial charge is 0.492 e. The number of hydrogen-bond donors (Lipinski definition) is 3. The van der Waals surface area contributed by atoms with E-state index in [-0.39, 0.29) is 12.8 Å². The molecule has 1 unspecified atom stereocenters. The Kier molecular flexibility index (Phi) is 4.44. The van der Waals surface area contributed by atoms with Crippen molar-refractivity contribution in [2.75, 3.05) is 27.5 Å². The first-order chi connectivity index (χ1) is 12.7. The van der Waals surface area contributed by atoms with Gasteiger partial charge >= 0.3 is 0 Å². The Morgan fingerprint density at radius 3 is 2.85 bits per heavy atom. The highest BCUT2D eigenvalue weighted by molar-refractivity contribution is 5.66. The maximum atomic E-state index is 9.72. The molecule has 2 heterocycles. The van der Waals surface area contributed by atoms with E-state index in [1.807, 2.05) is 36.4 Å². The molecule has 0 bridgehead atoms. The van der Waals surface area contributed by atoms with Crippen molar-refractivity contribution in [3.63, 3.8) is 0 Å². The molecule has 4 rings (SSSR count). The Morgan fingerprint density at radius 1 is 1.31 bits per heavy atom. The molecule has 0 aliphatic carbocycles. The van der Waals surface area contributed by atoms with Crippen molar-refractivity contribution in [1.82, 2.24) is 5.48 Å². The van der Waals surface area contributed by atoms with Crippen LogP contribution in [0.1, 0.15) is 22.7 Å². The standard InChI is InChI=1S/C20H22N2O4/c1-22-9-8-14-10-17-19(26-12-25-17)20(24-2)18(14)16(22)11-15(21-23)13-6-4-3-5-7-13/h3-7,10-11,16,21,23H,8-9,12H2,1-2H3/p+1/t16-/m0/s1. The number of benzene rings is 2. The third-order valence-corrected chi connectivity index (χ3v) is 5.12. The van der Waals surface area contributed by atoms with Gasteiger partial charge in [-0.3, -0.25) is 10.7 Å². The summed E-state index contributed by atoms with van der Waals surface area (Å²) in [4.78, 5) is 1.32. The second-order valence-electron chi connectivity index (χ2n) is 6.60. The lowest BCUT2D eigenvalue weighted by Gasteiger charge is -2.31. The molecule has 2 aliphatic heterocycles. The third-order valence-electron chi connectivity index (χ3n) is 5.12. The summed E-state index contributed by atoms with van der Waals surface area (Å²) in [6.45, 7) is 1.19. The van der Waals surface area contributed by atoms with Crippen LogP contribution in [0.2, 0.25) is 0 Å². The van der Waals surface area contributed by atoms with Gasteiger partial charge in [-0.05, 0) is 17.2 Å². The maximum absolute atomic E-state index is 9.72. The van der Waals surface area contributed by atoms with Gasteiger partial charge in [0.2, 0.25) is 12.5 Å². The lowest BCUT2D eigenvalue weighted by Crippen LogP contribution is -3.10. The summed E-state index contributed by atoms with van der Waals surface area (Å²) >= 11 is 0. The minimum atomic E-state index is 0.0121. The summed E-state index contributed by atoms with van der Waals surface area (Å²) in [7, 11) is 3.80. The van der Waals surface area contributed by atoms with E-state index < -0.39 is 0 Å². The Hall–Kier alpha value is -2.70. The number of nitrogens with one attached hydrogen (secondary N) is 2. The average molecular weight is 355 g/mol. The van der Waals surface area contributed by atoms with Crippen LogP contribution in [0.15, 0.2) is 42.5 Å². The first-order valence-corrected chi connectivity index (χ1v) is 8.72. The third kappa shape index (κ3) is 2.77. The number of rotatable bonds is 4. The molecule has 0 aromatic heterocycles. The molecule has 2 aliphatic rings. The van der Waals surface area contributed by atoms with Gasteiger partial charge < -0.3 is 19.1 Å². The molecule has 0 amide bonds. The van der Waals surface area contributed by atoms with Crippen molar-refractivity contribution < 1.29 is 24.3 Å². The quantitative estimate of drug-likeness (QED) is 0.727. The monoisotopic (exact) mass is 355 g/mol. The van der Waals surface area contributed by atoms with Gasteiger partial charge in [0, 0.05) is 12.5 Å². The summed E-state index contributed by atoms with van der Waals surface area (Å²) in [5, 5.41) is 9.72. The van der Waals surface area contributed by atoms with Gasteiger partial charge in [0.05, 0.1) is 32.0 Å². The van der Waals surface area contributed by atoms with Crippen LogP contribution in [0.25, 0.3) is 5.70 Å². The maximum Gasteiger partial charge on any atom is 0.231 e. The molecule has 0 spiro atoms. The lowest BCUT2D eigenvalue weighted by atomic mass is 9.90. The summed E-state index contributed by atoms with van der Waals surface area (Å²) in [6, 6.07) is 11.8. The fourth-order valence-corrected chi connectivity index (χ4v) is 3.77. The molecule has 136 valence electrons. The number of hydroxylamine groups is 1.